The Labute approximate surface area is 103 Å². The number of hydrogen-bond acceptors (Lipinski definition) is 3. The largest absolute Gasteiger partial charge is 0.388 e. The van der Waals surface area contributed by atoms with Crippen molar-refractivity contribution in [3.63, 3.8) is 0 Å². The van der Waals surface area contributed by atoms with Crippen LogP contribution in [0.4, 0.5) is 14.6 Å². The molecule has 18 heavy (non-hydrogen) atoms. The Morgan fingerprint density at radius 1 is 1.22 bits per heavy atom. The Balaban J connectivity index is 2.25. The van der Waals surface area contributed by atoms with Gasteiger partial charge in [-0.2, -0.15) is 0 Å². The van der Waals surface area contributed by atoms with Crippen molar-refractivity contribution in [1.82, 2.24) is 4.98 Å². The first-order valence-electron chi connectivity index (χ1n) is 5.40. The summed E-state index contributed by atoms with van der Waals surface area (Å²) in [4.78, 5) is 3.80. The number of benzene rings is 1. The molecule has 3 N–H and O–H groups in total. The van der Waals surface area contributed by atoms with Crippen LogP contribution in [0.15, 0.2) is 36.5 Å². The molecule has 0 fully saturated rings. The quantitative estimate of drug-likeness (QED) is 0.878. The topological polar surface area (TPSA) is 59.1 Å². The van der Waals surface area contributed by atoms with Crippen LogP contribution in [-0.2, 0) is 6.42 Å². The molecule has 0 aliphatic heterocycles. The lowest BCUT2D eigenvalue weighted by Crippen LogP contribution is -2.07. The van der Waals surface area contributed by atoms with E-state index < -0.39 is 17.7 Å². The number of aliphatic hydroxyl groups excluding tert-OH is 1. The molecule has 0 saturated carbocycles. The molecule has 0 bridgehead atoms. The number of hydrogen-bond donors (Lipinski definition) is 2. The van der Waals surface area contributed by atoms with Gasteiger partial charge in [0.1, 0.15) is 17.5 Å². The van der Waals surface area contributed by atoms with E-state index in [9.17, 15) is 13.9 Å². The second-order valence-corrected chi connectivity index (χ2v) is 3.94. The molecule has 2 aromatic rings. The summed E-state index contributed by atoms with van der Waals surface area (Å²) < 4.78 is 26.9. The van der Waals surface area contributed by atoms with E-state index in [0.29, 0.717) is 11.4 Å². The summed E-state index contributed by atoms with van der Waals surface area (Å²) in [5.41, 5.74) is 5.83. The van der Waals surface area contributed by atoms with Crippen molar-refractivity contribution >= 4 is 5.82 Å². The average Bonchev–Trinajstić information content (AvgIpc) is 2.28. The van der Waals surface area contributed by atoms with Gasteiger partial charge in [0.15, 0.2) is 0 Å². The van der Waals surface area contributed by atoms with E-state index in [1.54, 1.807) is 12.1 Å². The molecule has 0 amide bonds. The Bertz CT molecular complexity index is 540. The lowest BCUT2D eigenvalue weighted by molar-refractivity contribution is 0.168. The molecule has 3 nitrogen and oxygen atoms in total. The van der Waals surface area contributed by atoms with Gasteiger partial charge in [-0.25, -0.2) is 13.8 Å². The maximum absolute atomic E-state index is 13.4. The Morgan fingerprint density at radius 2 is 1.89 bits per heavy atom. The standard InChI is InChI=1S/C13H12F2N2O/c14-9-2-1-3-10(15)13(9)11(18)6-8-4-5-17-12(16)7-8/h1-5,7,11,18H,6H2,(H2,16,17). The van der Waals surface area contributed by atoms with Crippen LogP contribution in [0.25, 0.3) is 0 Å². The zero-order valence-electron chi connectivity index (χ0n) is 9.48. The van der Waals surface area contributed by atoms with Crippen molar-refractivity contribution in [2.45, 2.75) is 12.5 Å². The highest BCUT2D eigenvalue weighted by Gasteiger charge is 2.18. The Hall–Kier alpha value is -2.01. The minimum atomic E-state index is -1.26. The van der Waals surface area contributed by atoms with Crippen LogP contribution in [0.1, 0.15) is 17.2 Å². The summed E-state index contributed by atoms with van der Waals surface area (Å²) >= 11 is 0. The van der Waals surface area contributed by atoms with E-state index in [1.165, 1.54) is 12.3 Å². The van der Waals surface area contributed by atoms with Crippen molar-refractivity contribution in [2.24, 2.45) is 0 Å². The number of rotatable bonds is 3. The third kappa shape index (κ3) is 2.62. The van der Waals surface area contributed by atoms with Gasteiger partial charge in [-0.3, -0.25) is 0 Å². The first-order chi connectivity index (χ1) is 8.58. The van der Waals surface area contributed by atoms with Gasteiger partial charge in [-0.05, 0) is 29.8 Å². The van der Waals surface area contributed by atoms with E-state index in [2.05, 4.69) is 4.98 Å². The molecule has 0 radical (unpaired) electrons. The van der Waals surface area contributed by atoms with Gasteiger partial charge in [0, 0.05) is 12.6 Å². The predicted octanol–water partition coefficient (Wildman–Crippen LogP) is 2.22. The zero-order valence-corrected chi connectivity index (χ0v) is 9.48. The Morgan fingerprint density at radius 3 is 2.50 bits per heavy atom. The maximum atomic E-state index is 13.4. The monoisotopic (exact) mass is 250 g/mol. The van der Waals surface area contributed by atoms with Crippen LogP contribution in [0.5, 0.6) is 0 Å². The molecule has 0 aliphatic carbocycles. The van der Waals surface area contributed by atoms with Gasteiger partial charge in [-0.1, -0.05) is 6.07 Å². The van der Waals surface area contributed by atoms with Crippen LogP contribution in [0.3, 0.4) is 0 Å². The molecule has 1 aromatic carbocycles. The van der Waals surface area contributed by atoms with Gasteiger partial charge in [0.25, 0.3) is 0 Å². The minimum Gasteiger partial charge on any atom is -0.388 e. The van der Waals surface area contributed by atoms with Crippen LogP contribution in [0.2, 0.25) is 0 Å². The molecule has 1 atom stereocenters. The van der Waals surface area contributed by atoms with Crippen LogP contribution in [0, 0.1) is 11.6 Å². The number of aromatic nitrogens is 1. The first kappa shape index (κ1) is 12.4. The highest BCUT2D eigenvalue weighted by atomic mass is 19.1. The number of nitrogen functional groups attached to an aromatic ring is 1. The van der Waals surface area contributed by atoms with Crippen molar-refractivity contribution in [1.29, 1.82) is 0 Å². The van der Waals surface area contributed by atoms with E-state index in [4.69, 9.17) is 5.73 Å². The molecule has 0 spiro atoms. The molecular weight excluding hydrogens is 238 g/mol. The van der Waals surface area contributed by atoms with Crippen LogP contribution < -0.4 is 5.73 Å². The van der Waals surface area contributed by atoms with Crippen LogP contribution >= 0.6 is 0 Å². The fourth-order valence-electron chi connectivity index (χ4n) is 1.78. The average molecular weight is 250 g/mol. The highest BCUT2D eigenvalue weighted by Crippen LogP contribution is 2.24. The fourth-order valence-corrected chi connectivity index (χ4v) is 1.78. The zero-order chi connectivity index (χ0) is 13.1. The number of nitrogens with two attached hydrogens (primary N) is 1. The van der Waals surface area contributed by atoms with Gasteiger partial charge >= 0.3 is 0 Å². The first-order valence-corrected chi connectivity index (χ1v) is 5.40. The molecule has 94 valence electrons. The maximum Gasteiger partial charge on any atom is 0.131 e. The summed E-state index contributed by atoms with van der Waals surface area (Å²) in [5.74, 6) is -1.22. The second-order valence-electron chi connectivity index (χ2n) is 3.94. The molecular formula is C13H12F2N2O. The molecule has 2 rings (SSSR count). The SMILES string of the molecule is Nc1cc(CC(O)c2c(F)cccc2F)ccn1. The molecule has 1 unspecified atom stereocenters. The van der Waals surface area contributed by atoms with Gasteiger partial charge in [0.05, 0.1) is 11.7 Å². The second kappa shape index (κ2) is 5.10. The van der Waals surface area contributed by atoms with Gasteiger partial charge < -0.3 is 10.8 Å². The molecule has 1 aromatic heterocycles. The smallest absolute Gasteiger partial charge is 0.131 e. The normalized spacial score (nSPS) is 12.4. The van der Waals surface area contributed by atoms with E-state index in [0.717, 1.165) is 12.1 Å². The van der Waals surface area contributed by atoms with Crippen molar-refractivity contribution < 1.29 is 13.9 Å². The number of aliphatic hydroxyl groups is 1. The minimum absolute atomic E-state index is 0.0740. The molecule has 0 saturated heterocycles. The number of halogens is 2. The summed E-state index contributed by atoms with van der Waals surface area (Å²) in [5, 5.41) is 9.89. The van der Waals surface area contributed by atoms with Crippen LogP contribution in [-0.4, -0.2) is 10.1 Å². The third-order valence-electron chi connectivity index (χ3n) is 2.61. The van der Waals surface area contributed by atoms with E-state index in [1.807, 2.05) is 0 Å². The molecule has 5 heteroatoms. The van der Waals surface area contributed by atoms with Crippen molar-refractivity contribution in [3.8, 4) is 0 Å². The lowest BCUT2D eigenvalue weighted by Gasteiger charge is -2.13. The molecule has 1 heterocycles. The molecule has 0 aliphatic rings. The third-order valence-corrected chi connectivity index (χ3v) is 2.61. The summed E-state index contributed by atoms with van der Waals surface area (Å²) in [6.07, 6.45) is 0.299. The van der Waals surface area contributed by atoms with Gasteiger partial charge in [-0.15, -0.1) is 0 Å². The van der Waals surface area contributed by atoms with E-state index >= 15 is 0 Å². The van der Waals surface area contributed by atoms with Crippen molar-refractivity contribution in [2.75, 3.05) is 5.73 Å². The number of nitrogens with zero attached hydrogens (tertiary/aromatic N) is 1. The summed E-state index contributed by atoms with van der Waals surface area (Å²) in [7, 11) is 0. The van der Waals surface area contributed by atoms with Crippen molar-refractivity contribution in [3.05, 3.63) is 59.3 Å². The summed E-state index contributed by atoms with van der Waals surface area (Å²) in [6, 6.07) is 6.68. The number of anilines is 1. The Kier molecular flexibility index (Phi) is 3.53. The fraction of sp³-hybridized carbons (Fsp3) is 0.154. The summed E-state index contributed by atoms with van der Waals surface area (Å²) in [6.45, 7) is 0. The number of pyridine rings is 1. The predicted molar refractivity (Wildman–Crippen MR) is 63.7 cm³/mol. The van der Waals surface area contributed by atoms with E-state index in [-0.39, 0.29) is 12.0 Å². The highest BCUT2D eigenvalue weighted by molar-refractivity contribution is 5.33. The lowest BCUT2D eigenvalue weighted by atomic mass is 10.0. The van der Waals surface area contributed by atoms with Gasteiger partial charge in [0.2, 0.25) is 0 Å².